The van der Waals surface area contributed by atoms with Crippen LogP contribution in [0.5, 0.6) is 0 Å². The number of rotatable bonds is 6. The molecule has 0 aliphatic heterocycles. The SMILES string of the molecule is NCCCn1ccc2cnc(Nc3ccc(-n4cncn4)cc3)nc21. The number of hydrogen-bond acceptors (Lipinski definition) is 6. The predicted octanol–water partition coefficient (Wildman–Crippen LogP) is 2.10. The fourth-order valence-corrected chi connectivity index (χ4v) is 2.64. The zero-order valence-electron chi connectivity index (χ0n) is 13.6. The third kappa shape index (κ3) is 3.20. The lowest BCUT2D eigenvalue weighted by atomic mass is 10.3. The van der Waals surface area contributed by atoms with Gasteiger partial charge >= 0.3 is 0 Å². The summed E-state index contributed by atoms with van der Waals surface area (Å²) < 4.78 is 3.81. The smallest absolute Gasteiger partial charge is 0.229 e. The Balaban J connectivity index is 1.55. The van der Waals surface area contributed by atoms with E-state index in [1.807, 2.05) is 42.7 Å². The van der Waals surface area contributed by atoms with E-state index in [1.54, 1.807) is 11.0 Å². The molecule has 0 aliphatic carbocycles. The summed E-state index contributed by atoms with van der Waals surface area (Å²) in [7, 11) is 0. The van der Waals surface area contributed by atoms with E-state index in [1.165, 1.54) is 6.33 Å². The van der Waals surface area contributed by atoms with Gasteiger partial charge in [0.05, 0.1) is 5.69 Å². The number of nitrogens with one attached hydrogen (secondary N) is 1. The van der Waals surface area contributed by atoms with Crippen LogP contribution in [-0.2, 0) is 6.54 Å². The summed E-state index contributed by atoms with van der Waals surface area (Å²) in [5, 5.41) is 8.37. The van der Waals surface area contributed by atoms with E-state index in [4.69, 9.17) is 5.73 Å². The molecule has 0 fully saturated rings. The molecule has 0 unspecified atom stereocenters. The molecule has 126 valence electrons. The van der Waals surface area contributed by atoms with E-state index in [-0.39, 0.29) is 0 Å². The number of nitrogens with zero attached hydrogens (tertiary/aromatic N) is 6. The third-order valence-corrected chi connectivity index (χ3v) is 3.91. The molecular weight excluding hydrogens is 316 g/mol. The Bertz CT molecular complexity index is 956. The molecule has 0 aliphatic rings. The molecule has 0 bridgehead atoms. The van der Waals surface area contributed by atoms with Crippen molar-refractivity contribution in [3.8, 4) is 5.69 Å². The van der Waals surface area contributed by atoms with Crippen LogP contribution >= 0.6 is 0 Å². The standard InChI is InChI=1S/C17H18N8/c18-7-1-8-24-9-6-13-10-20-17(23-16(13)24)22-14-2-4-15(5-3-14)25-12-19-11-21-25/h2-6,9-12H,1,7-8,18H2,(H,20,22,23). The van der Waals surface area contributed by atoms with Crippen LogP contribution < -0.4 is 11.1 Å². The topological polar surface area (TPSA) is 99.5 Å². The summed E-state index contributed by atoms with van der Waals surface area (Å²) >= 11 is 0. The molecule has 3 aromatic heterocycles. The van der Waals surface area contributed by atoms with Gasteiger partial charge in [-0.3, -0.25) is 0 Å². The van der Waals surface area contributed by atoms with E-state index in [9.17, 15) is 0 Å². The van der Waals surface area contributed by atoms with E-state index >= 15 is 0 Å². The van der Waals surface area contributed by atoms with Crippen LogP contribution in [0.1, 0.15) is 6.42 Å². The summed E-state index contributed by atoms with van der Waals surface area (Å²) in [6.45, 7) is 1.51. The lowest BCUT2D eigenvalue weighted by molar-refractivity contribution is 0.666. The molecule has 1 aromatic carbocycles. The number of benzene rings is 1. The summed E-state index contributed by atoms with van der Waals surface area (Å²) in [6.07, 6.45) is 7.93. The van der Waals surface area contributed by atoms with Crippen molar-refractivity contribution >= 4 is 22.7 Å². The molecule has 4 rings (SSSR count). The van der Waals surface area contributed by atoms with Crippen LogP contribution in [0.15, 0.2) is 55.4 Å². The average molecular weight is 334 g/mol. The molecule has 0 radical (unpaired) electrons. The first kappa shape index (κ1) is 15.3. The predicted molar refractivity (Wildman–Crippen MR) is 95.8 cm³/mol. The summed E-state index contributed by atoms with van der Waals surface area (Å²) in [6, 6.07) is 9.84. The molecule has 0 amide bonds. The number of aromatic nitrogens is 6. The zero-order chi connectivity index (χ0) is 17.1. The minimum absolute atomic E-state index is 0.564. The molecule has 0 spiro atoms. The Kier molecular flexibility index (Phi) is 4.09. The van der Waals surface area contributed by atoms with Crippen LogP contribution in [0, 0.1) is 0 Å². The van der Waals surface area contributed by atoms with Gasteiger partial charge in [-0.1, -0.05) is 0 Å². The van der Waals surface area contributed by atoms with E-state index in [0.29, 0.717) is 12.5 Å². The molecule has 0 saturated heterocycles. The van der Waals surface area contributed by atoms with Gasteiger partial charge in [-0.15, -0.1) is 0 Å². The van der Waals surface area contributed by atoms with E-state index in [0.717, 1.165) is 35.4 Å². The minimum atomic E-state index is 0.564. The molecule has 8 nitrogen and oxygen atoms in total. The van der Waals surface area contributed by atoms with Gasteiger partial charge in [0.1, 0.15) is 18.3 Å². The molecular formula is C17H18N8. The van der Waals surface area contributed by atoms with Crippen molar-refractivity contribution in [3.05, 3.63) is 55.4 Å². The van der Waals surface area contributed by atoms with E-state index < -0.39 is 0 Å². The molecule has 4 aromatic rings. The highest BCUT2D eigenvalue weighted by Crippen LogP contribution is 2.19. The maximum absolute atomic E-state index is 5.60. The highest BCUT2D eigenvalue weighted by molar-refractivity contribution is 5.76. The van der Waals surface area contributed by atoms with Crippen LogP contribution in [0.3, 0.4) is 0 Å². The van der Waals surface area contributed by atoms with Crippen molar-refractivity contribution < 1.29 is 0 Å². The number of hydrogen-bond donors (Lipinski definition) is 2. The second-order valence-corrected chi connectivity index (χ2v) is 5.64. The highest BCUT2D eigenvalue weighted by atomic mass is 15.3. The van der Waals surface area contributed by atoms with Gasteiger partial charge in [0.2, 0.25) is 5.95 Å². The summed E-state index contributed by atoms with van der Waals surface area (Å²) in [5.41, 5.74) is 8.35. The van der Waals surface area contributed by atoms with Crippen molar-refractivity contribution in [2.45, 2.75) is 13.0 Å². The Hall–Kier alpha value is -3.26. The Morgan fingerprint density at radius 2 is 2.00 bits per heavy atom. The second kappa shape index (κ2) is 6.70. The largest absolute Gasteiger partial charge is 0.332 e. The Labute approximate surface area is 144 Å². The van der Waals surface area contributed by atoms with Gasteiger partial charge in [-0.25, -0.2) is 14.6 Å². The van der Waals surface area contributed by atoms with Gasteiger partial charge in [-0.2, -0.15) is 10.1 Å². The molecule has 0 saturated carbocycles. The van der Waals surface area contributed by atoms with Crippen LogP contribution in [-0.4, -0.2) is 35.8 Å². The minimum Gasteiger partial charge on any atom is -0.332 e. The fraction of sp³-hybridized carbons (Fsp3) is 0.176. The van der Waals surface area contributed by atoms with Crippen molar-refractivity contribution in [3.63, 3.8) is 0 Å². The quantitative estimate of drug-likeness (QED) is 0.560. The van der Waals surface area contributed by atoms with Crippen LogP contribution in [0.25, 0.3) is 16.7 Å². The second-order valence-electron chi connectivity index (χ2n) is 5.64. The van der Waals surface area contributed by atoms with Gasteiger partial charge in [0.25, 0.3) is 0 Å². The van der Waals surface area contributed by atoms with E-state index in [2.05, 4.69) is 29.9 Å². The molecule has 3 N–H and O–H groups in total. The maximum Gasteiger partial charge on any atom is 0.229 e. The molecule has 25 heavy (non-hydrogen) atoms. The summed E-state index contributed by atoms with van der Waals surface area (Å²) in [4.78, 5) is 13.0. The summed E-state index contributed by atoms with van der Waals surface area (Å²) in [5.74, 6) is 0.564. The van der Waals surface area contributed by atoms with Gasteiger partial charge in [-0.05, 0) is 43.3 Å². The first-order valence-electron chi connectivity index (χ1n) is 8.07. The number of fused-ring (bicyclic) bond motifs is 1. The van der Waals surface area contributed by atoms with Gasteiger partial charge in [0.15, 0.2) is 0 Å². The van der Waals surface area contributed by atoms with Crippen molar-refractivity contribution in [2.24, 2.45) is 5.73 Å². The monoisotopic (exact) mass is 334 g/mol. The Morgan fingerprint density at radius 1 is 1.12 bits per heavy atom. The van der Waals surface area contributed by atoms with Crippen LogP contribution in [0.4, 0.5) is 11.6 Å². The van der Waals surface area contributed by atoms with Gasteiger partial charge in [0, 0.05) is 30.0 Å². The first-order chi connectivity index (χ1) is 12.3. The average Bonchev–Trinajstić information content (AvgIpc) is 3.31. The molecule has 8 heteroatoms. The molecule has 0 atom stereocenters. The zero-order valence-corrected chi connectivity index (χ0v) is 13.6. The normalized spacial score (nSPS) is 11.1. The number of aryl methyl sites for hydroxylation is 1. The third-order valence-electron chi connectivity index (χ3n) is 3.91. The van der Waals surface area contributed by atoms with Crippen molar-refractivity contribution in [2.75, 3.05) is 11.9 Å². The fourth-order valence-electron chi connectivity index (χ4n) is 2.64. The van der Waals surface area contributed by atoms with Crippen LogP contribution in [0.2, 0.25) is 0 Å². The first-order valence-corrected chi connectivity index (χ1v) is 8.07. The number of nitrogens with two attached hydrogens (primary N) is 1. The molecule has 3 heterocycles. The maximum atomic E-state index is 5.60. The number of anilines is 2. The van der Waals surface area contributed by atoms with Crippen molar-refractivity contribution in [1.29, 1.82) is 0 Å². The van der Waals surface area contributed by atoms with Crippen molar-refractivity contribution in [1.82, 2.24) is 29.3 Å². The highest BCUT2D eigenvalue weighted by Gasteiger charge is 2.06. The Morgan fingerprint density at radius 3 is 2.76 bits per heavy atom. The lowest BCUT2D eigenvalue weighted by Crippen LogP contribution is -2.06. The van der Waals surface area contributed by atoms with Gasteiger partial charge < -0.3 is 15.6 Å². The lowest BCUT2D eigenvalue weighted by Gasteiger charge is -2.08.